The number of fused-ring (bicyclic) bond motifs is 2. The van der Waals surface area contributed by atoms with Crippen molar-refractivity contribution in [1.82, 2.24) is 14.6 Å². The van der Waals surface area contributed by atoms with Crippen molar-refractivity contribution >= 4 is 17.0 Å². The molecule has 76 valence electrons. The minimum Gasteiger partial charge on any atom is -0.237 e. The van der Waals surface area contributed by atoms with Gasteiger partial charge in [-0.25, -0.2) is 9.50 Å². The molecule has 0 radical (unpaired) electrons. The van der Waals surface area contributed by atoms with Gasteiger partial charge in [-0.05, 0) is 18.1 Å². The average Bonchev–Trinajstić information content (AvgIpc) is 2.76. The molecule has 0 N–H and O–H groups in total. The van der Waals surface area contributed by atoms with Crippen molar-refractivity contribution in [3.05, 3.63) is 41.7 Å². The topological polar surface area (TPSA) is 30.2 Å². The number of hydrogen-bond donors (Lipinski definition) is 0. The van der Waals surface area contributed by atoms with E-state index in [1.165, 1.54) is 10.4 Å². The van der Waals surface area contributed by atoms with Gasteiger partial charge in [-0.15, -0.1) is 17.8 Å². The van der Waals surface area contributed by atoms with Crippen LogP contribution in [0.5, 0.6) is 0 Å². The Morgan fingerprint density at radius 1 is 1.38 bits per heavy atom. The Labute approximate surface area is 96.4 Å². The lowest BCUT2D eigenvalue weighted by Crippen LogP contribution is -1.86. The summed E-state index contributed by atoms with van der Waals surface area (Å²) in [6.45, 7) is 0. The van der Waals surface area contributed by atoms with Crippen molar-refractivity contribution in [3.8, 4) is 22.8 Å². The first-order chi connectivity index (χ1) is 7.86. The summed E-state index contributed by atoms with van der Waals surface area (Å²) in [6, 6.07) is 5.75. The van der Waals surface area contributed by atoms with Crippen LogP contribution in [0, 0.1) is 12.3 Å². The van der Waals surface area contributed by atoms with E-state index in [1.807, 2.05) is 17.5 Å². The molecule has 0 bridgehead atoms. The lowest BCUT2D eigenvalue weighted by atomic mass is 10.4. The van der Waals surface area contributed by atoms with Crippen LogP contribution in [0.2, 0.25) is 0 Å². The predicted octanol–water partition coefficient (Wildman–Crippen LogP) is 2.44. The lowest BCUT2D eigenvalue weighted by Gasteiger charge is -1.85. The Bertz CT molecular complexity index is 630. The highest BCUT2D eigenvalue weighted by molar-refractivity contribution is 7.18. The van der Waals surface area contributed by atoms with Crippen LogP contribution < -0.4 is 0 Å². The van der Waals surface area contributed by atoms with Crippen LogP contribution in [0.15, 0.2) is 36.0 Å². The van der Waals surface area contributed by atoms with Gasteiger partial charge in [-0.3, -0.25) is 0 Å². The molecule has 0 spiro atoms. The molecule has 4 rings (SSSR count). The predicted molar refractivity (Wildman–Crippen MR) is 64.2 cm³/mol. The average molecular weight is 225 g/mol. The lowest BCUT2D eigenvalue weighted by molar-refractivity contribution is 0.932. The maximum absolute atomic E-state index is 5.16. The second kappa shape index (κ2) is 3.47. The summed E-state index contributed by atoms with van der Waals surface area (Å²) >= 11 is 1.83. The maximum Gasteiger partial charge on any atom is 0.156 e. The Hall–Kier alpha value is -2.12. The van der Waals surface area contributed by atoms with Crippen molar-refractivity contribution in [2.24, 2.45) is 0 Å². The van der Waals surface area contributed by atoms with Crippen LogP contribution in [0.3, 0.4) is 0 Å². The third-order valence-electron chi connectivity index (χ3n) is 2.18. The van der Waals surface area contributed by atoms with E-state index < -0.39 is 0 Å². The van der Waals surface area contributed by atoms with E-state index in [2.05, 4.69) is 27.4 Å². The fraction of sp³-hybridized carbons (Fsp3) is 0. The van der Waals surface area contributed by atoms with E-state index in [9.17, 15) is 0 Å². The van der Waals surface area contributed by atoms with Crippen LogP contribution in [-0.4, -0.2) is 14.6 Å². The first kappa shape index (κ1) is 9.13. The number of rotatable bonds is 0. The van der Waals surface area contributed by atoms with E-state index >= 15 is 0 Å². The zero-order valence-electron chi connectivity index (χ0n) is 8.29. The molecule has 0 amide bonds. The summed E-state index contributed by atoms with van der Waals surface area (Å²) in [5.74, 6) is 2.44. The van der Waals surface area contributed by atoms with Gasteiger partial charge < -0.3 is 0 Å². The second-order valence-corrected chi connectivity index (χ2v) is 4.21. The monoisotopic (exact) mass is 225 g/mol. The largest absolute Gasteiger partial charge is 0.237 e. The number of hydrogen-bond acceptors (Lipinski definition) is 3. The van der Waals surface area contributed by atoms with Gasteiger partial charge in [0.25, 0.3) is 0 Å². The molecule has 2 aliphatic rings. The third-order valence-corrected chi connectivity index (χ3v) is 3.16. The molecule has 2 aromatic rings. The van der Waals surface area contributed by atoms with Gasteiger partial charge in [0.1, 0.15) is 5.69 Å². The number of terminal acetylenes is 1. The SMILES string of the molecule is C#Cc1cc2ncccn2n1.c1sc2cc1-2. The summed E-state index contributed by atoms with van der Waals surface area (Å²) in [5.41, 5.74) is 2.87. The maximum atomic E-state index is 5.16. The highest BCUT2D eigenvalue weighted by Crippen LogP contribution is 2.42. The molecule has 3 heterocycles. The number of nitrogens with zero attached hydrogens (tertiary/aromatic N) is 3. The van der Waals surface area contributed by atoms with Gasteiger partial charge >= 0.3 is 0 Å². The molecular formula is C12H7N3S. The molecule has 0 fully saturated rings. The van der Waals surface area contributed by atoms with Crippen LogP contribution in [-0.2, 0) is 0 Å². The Morgan fingerprint density at radius 3 is 2.75 bits per heavy atom. The fourth-order valence-electron chi connectivity index (χ4n) is 1.27. The highest BCUT2D eigenvalue weighted by Gasteiger charge is 2.12. The molecule has 0 unspecified atom stereocenters. The Kier molecular flexibility index (Phi) is 1.98. The molecule has 2 aromatic heterocycles. The van der Waals surface area contributed by atoms with Gasteiger partial charge in [-0.1, -0.05) is 0 Å². The summed E-state index contributed by atoms with van der Waals surface area (Å²) < 4.78 is 1.65. The second-order valence-electron chi connectivity index (χ2n) is 3.30. The van der Waals surface area contributed by atoms with Crippen LogP contribution >= 0.6 is 11.3 Å². The molecule has 16 heavy (non-hydrogen) atoms. The minimum atomic E-state index is 0.615. The standard InChI is InChI=1S/C8H5N3.C4H2S/c1-2-7-6-8-9-4-3-5-11(8)10-7;1-3-2-5-4(1)3/h1,3-6H;1-2H. The first-order valence-electron chi connectivity index (χ1n) is 4.73. The highest BCUT2D eigenvalue weighted by atomic mass is 32.1. The summed E-state index contributed by atoms with van der Waals surface area (Å²) in [5, 5.41) is 6.21. The molecule has 3 nitrogen and oxygen atoms in total. The van der Waals surface area contributed by atoms with Gasteiger partial charge in [0.05, 0.1) is 0 Å². The van der Waals surface area contributed by atoms with Crippen molar-refractivity contribution in [2.45, 2.75) is 0 Å². The van der Waals surface area contributed by atoms with Crippen molar-refractivity contribution in [2.75, 3.05) is 0 Å². The van der Waals surface area contributed by atoms with Crippen LogP contribution in [0.4, 0.5) is 0 Å². The van der Waals surface area contributed by atoms with E-state index in [-0.39, 0.29) is 0 Å². The van der Waals surface area contributed by atoms with Crippen LogP contribution in [0.25, 0.3) is 16.1 Å². The summed E-state index contributed by atoms with van der Waals surface area (Å²) in [4.78, 5) is 5.56. The quantitative estimate of drug-likeness (QED) is 0.430. The molecule has 1 aliphatic carbocycles. The Morgan fingerprint density at radius 2 is 2.25 bits per heavy atom. The van der Waals surface area contributed by atoms with E-state index in [4.69, 9.17) is 6.42 Å². The normalized spacial score (nSPS) is 10.4. The molecule has 0 saturated heterocycles. The molecule has 1 aliphatic heterocycles. The van der Waals surface area contributed by atoms with Gasteiger partial charge in [0.2, 0.25) is 0 Å². The third kappa shape index (κ3) is 1.58. The molecule has 0 aromatic carbocycles. The van der Waals surface area contributed by atoms with Crippen LogP contribution in [0.1, 0.15) is 5.69 Å². The van der Waals surface area contributed by atoms with E-state index in [1.54, 1.807) is 22.8 Å². The van der Waals surface area contributed by atoms with Gasteiger partial charge in [-0.2, -0.15) is 5.10 Å². The van der Waals surface area contributed by atoms with Gasteiger partial charge in [0, 0.05) is 34.3 Å². The van der Waals surface area contributed by atoms with Crippen molar-refractivity contribution in [3.63, 3.8) is 0 Å². The number of aromatic nitrogens is 3. The summed E-state index contributed by atoms with van der Waals surface area (Å²) in [6.07, 6.45) is 8.67. The van der Waals surface area contributed by atoms with E-state index in [0.717, 1.165) is 5.65 Å². The zero-order valence-corrected chi connectivity index (χ0v) is 9.11. The zero-order chi connectivity index (χ0) is 11.0. The molecule has 0 saturated carbocycles. The fourth-order valence-corrected chi connectivity index (χ4v) is 1.92. The van der Waals surface area contributed by atoms with E-state index in [0.29, 0.717) is 5.69 Å². The van der Waals surface area contributed by atoms with Crippen molar-refractivity contribution in [1.29, 1.82) is 0 Å². The smallest absolute Gasteiger partial charge is 0.156 e. The first-order valence-corrected chi connectivity index (χ1v) is 5.61. The number of thiophene rings is 1. The van der Waals surface area contributed by atoms with Crippen molar-refractivity contribution < 1.29 is 0 Å². The summed E-state index contributed by atoms with van der Waals surface area (Å²) in [7, 11) is 0. The molecular weight excluding hydrogens is 218 g/mol. The van der Waals surface area contributed by atoms with Gasteiger partial charge in [0.15, 0.2) is 5.65 Å². The molecule has 0 atom stereocenters. The molecule has 4 heteroatoms. The minimum absolute atomic E-state index is 0.615. The Balaban J connectivity index is 0.000000133.